The summed E-state index contributed by atoms with van der Waals surface area (Å²) in [5.74, 6) is 0. The summed E-state index contributed by atoms with van der Waals surface area (Å²) in [5, 5.41) is 0. The summed E-state index contributed by atoms with van der Waals surface area (Å²) in [7, 11) is -1.84. The zero-order chi connectivity index (χ0) is 17.0. The molecule has 1 aliphatic rings. The normalized spacial score (nSPS) is 22.5. The zero-order valence-electron chi connectivity index (χ0n) is 15.1. The van der Waals surface area contributed by atoms with E-state index in [9.17, 15) is 4.55 Å². The summed E-state index contributed by atoms with van der Waals surface area (Å²) in [4.78, 5) is 0. The first-order valence-electron chi connectivity index (χ1n) is 8.17. The quantitative estimate of drug-likeness (QED) is 0.563. The Balaban J connectivity index is 2.79. The lowest BCUT2D eigenvalue weighted by Gasteiger charge is -2.36. The standard InChI is InChI=1S/C16H33NO3SSi/c1-13(2)20-22(6,7)12-14(15-10-8-9-11-19-15)17-21(18)16(3,4)5/h9,11,13-15,17H,8,10,12H2,1-7H3/t14-,15-,21?/m0/s1. The van der Waals surface area contributed by atoms with Crippen LogP contribution in [0.15, 0.2) is 12.3 Å². The third-order valence-electron chi connectivity index (χ3n) is 3.50. The lowest BCUT2D eigenvalue weighted by atomic mass is 10.1. The van der Waals surface area contributed by atoms with Crippen molar-refractivity contribution < 1.29 is 13.7 Å². The van der Waals surface area contributed by atoms with Gasteiger partial charge in [0.1, 0.15) is 10.9 Å². The maximum absolute atomic E-state index is 12.5. The molecular formula is C16H33NO3SSi. The molecular weight excluding hydrogens is 314 g/mol. The Kier molecular flexibility index (Phi) is 7.46. The zero-order valence-corrected chi connectivity index (χ0v) is 17.0. The molecule has 0 aromatic heterocycles. The van der Waals surface area contributed by atoms with E-state index in [0.29, 0.717) is 0 Å². The summed E-state index contributed by atoms with van der Waals surface area (Å²) in [5.41, 5.74) is 0. The lowest BCUT2D eigenvalue weighted by Crippen LogP contribution is -2.53. The fourth-order valence-corrected chi connectivity index (χ4v) is 6.44. The van der Waals surface area contributed by atoms with Crippen LogP contribution >= 0.6 is 0 Å². The fraction of sp³-hybridized carbons (Fsp3) is 0.875. The fourth-order valence-electron chi connectivity index (χ4n) is 2.63. The van der Waals surface area contributed by atoms with Crippen LogP contribution in [0.5, 0.6) is 0 Å². The molecule has 1 N–H and O–H groups in total. The molecule has 0 spiro atoms. The van der Waals surface area contributed by atoms with Crippen molar-refractivity contribution in [3.8, 4) is 0 Å². The van der Waals surface area contributed by atoms with Gasteiger partial charge in [0.05, 0.1) is 12.3 Å². The minimum absolute atomic E-state index is 0.0606. The van der Waals surface area contributed by atoms with Crippen LogP contribution in [0.1, 0.15) is 47.5 Å². The van der Waals surface area contributed by atoms with Gasteiger partial charge in [0.15, 0.2) is 8.32 Å². The first-order valence-corrected chi connectivity index (χ1v) is 12.4. The summed E-state index contributed by atoms with van der Waals surface area (Å²) in [6.45, 7) is 14.6. The molecule has 0 aromatic carbocycles. The second-order valence-electron chi connectivity index (χ2n) is 7.86. The highest BCUT2D eigenvalue weighted by atomic mass is 32.2. The van der Waals surface area contributed by atoms with Crippen molar-refractivity contribution in [1.82, 2.24) is 4.72 Å². The Morgan fingerprint density at radius 2 is 2.05 bits per heavy atom. The number of hydrogen-bond donors (Lipinski definition) is 1. The van der Waals surface area contributed by atoms with E-state index in [4.69, 9.17) is 9.16 Å². The van der Waals surface area contributed by atoms with Gasteiger partial charge in [-0.15, -0.1) is 4.72 Å². The Morgan fingerprint density at radius 1 is 1.41 bits per heavy atom. The van der Waals surface area contributed by atoms with Crippen LogP contribution in [0.2, 0.25) is 19.1 Å². The molecule has 130 valence electrons. The molecule has 6 heteroatoms. The van der Waals surface area contributed by atoms with Crippen LogP contribution in [-0.4, -0.2) is 35.9 Å². The molecule has 0 bridgehead atoms. The van der Waals surface area contributed by atoms with Gasteiger partial charge in [0.2, 0.25) is 0 Å². The Bertz CT molecular complexity index is 369. The number of nitrogens with one attached hydrogen (secondary N) is 1. The van der Waals surface area contributed by atoms with Crippen LogP contribution in [0.3, 0.4) is 0 Å². The third kappa shape index (κ3) is 7.04. The van der Waals surface area contributed by atoms with E-state index in [1.54, 1.807) is 6.26 Å². The van der Waals surface area contributed by atoms with Crippen molar-refractivity contribution in [2.45, 2.75) is 89.6 Å². The Morgan fingerprint density at radius 3 is 2.50 bits per heavy atom. The van der Waals surface area contributed by atoms with Crippen molar-refractivity contribution in [3.63, 3.8) is 0 Å². The molecule has 22 heavy (non-hydrogen) atoms. The Hall–Kier alpha value is -0.0131. The van der Waals surface area contributed by atoms with E-state index >= 15 is 0 Å². The number of hydrogen-bond acceptors (Lipinski definition) is 4. The van der Waals surface area contributed by atoms with Gasteiger partial charge in [0, 0.05) is 17.5 Å². The second kappa shape index (κ2) is 8.19. The minimum atomic E-state index is -1.84. The third-order valence-corrected chi connectivity index (χ3v) is 7.66. The van der Waals surface area contributed by atoms with Gasteiger partial charge in [-0.1, -0.05) is 0 Å². The summed E-state index contributed by atoms with van der Waals surface area (Å²) in [6.07, 6.45) is 6.09. The topological polar surface area (TPSA) is 53.5 Å². The average Bonchev–Trinajstić information content (AvgIpc) is 2.35. The first-order chi connectivity index (χ1) is 10.0. The highest BCUT2D eigenvalue weighted by Crippen LogP contribution is 2.25. The van der Waals surface area contributed by atoms with Gasteiger partial charge >= 0.3 is 0 Å². The van der Waals surface area contributed by atoms with Crippen LogP contribution < -0.4 is 4.72 Å². The van der Waals surface area contributed by atoms with Crippen LogP contribution in [0.4, 0.5) is 0 Å². The predicted octanol–water partition coefficient (Wildman–Crippen LogP) is 3.73. The largest absolute Gasteiger partial charge is 0.598 e. The van der Waals surface area contributed by atoms with Crippen LogP contribution in [0.25, 0.3) is 0 Å². The number of rotatable bonds is 7. The summed E-state index contributed by atoms with van der Waals surface area (Å²) >= 11 is -1.10. The van der Waals surface area contributed by atoms with Gasteiger partial charge in [0.25, 0.3) is 0 Å². The smallest absolute Gasteiger partial charge is 0.188 e. The second-order valence-corrected chi connectivity index (χ2v) is 14.0. The van der Waals surface area contributed by atoms with Gasteiger partial charge in [-0.05, 0) is 72.7 Å². The van der Waals surface area contributed by atoms with Crippen molar-refractivity contribution in [1.29, 1.82) is 0 Å². The van der Waals surface area contributed by atoms with E-state index in [1.807, 2.05) is 26.8 Å². The molecule has 1 heterocycles. The molecule has 0 saturated carbocycles. The molecule has 0 radical (unpaired) electrons. The van der Waals surface area contributed by atoms with Gasteiger partial charge in [-0.3, -0.25) is 0 Å². The van der Waals surface area contributed by atoms with E-state index in [2.05, 4.69) is 31.7 Å². The van der Waals surface area contributed by atoms with E-state index in [0.717, 1.165) is 18.9 Å². The maximum atomic E-state index is 12.5. The van der Waals surface area contributed by atoms with Gasteiger partial charge in [-0.2, -0.15) is 0 Å². The van der Waals surface area contributed by atoms with Gasteiger partial charge < -0.3 is 13.7 Å². The molecule has 0 fully saturated rings. The highest BCUT2D eigenvalue weighted by molar-refractivity contribution is 7.90. The molecule has 4 nitrogen and oxygen atoms in total. The summed E-state index contributed by atoms with van der Waals surface area (Å²) < 4.78 is 27.5. The van der Waals surface area contributed by atoms with Crippen LogP contribution in [0, 0.1) is 0 Å². The molecule has 1 rings (SSSR count). The monoisotopic (exact) mass is 347 g/mol. The van der Waals surface area contributed by atoms with Crippen molar-refractivity contribution in [3.05, 3.63) is 12.3 Å². The molecule has 1 aliphatic heterocycles. The van der Waals surface area contributed by atoms with Crippen LogP contribution in [-0.2, 0) is 20.5 Å². The SMILES string of the molecule is CC(C)O[Si](C)(C)C[C@H](N[S+]([O-])C(C)(C)C)[C@@H]1CCC=CO1. The maximum Gasteiger partial charge on any atom is 0.188 e. The predicted molar refractivity (Wildman–Crippen MR) is 96.6 cm³/mol. The molecule has 0 amide bonds. The Labute approximate surface area is 140 Å². The molecule has 0 aliphatic carbocycles. The minimum Gasteiger partial charge on any atom is -0.598 e. The van der Waals surface area contributed by atoms with E-state index in [1.165, 1.54) is 0 Å². The first kappa shape index (κ1) is 20.0. The van der Waals surface area contributed by atoms with Gasteiger partial charge in [-0.25, -0.2) is 0 Å². The van der Waals surface area contributed by atoms with E-state index < -0.39 is 19.7 Å². The molecule has 1 unspecified atom stereocenters. The highest BCUT2D eigenvalue weighted by Gasteiger charge is 2.38. The number of ether oxygens (including phenoxy) is 1. The van der Waals surface area contributed by atoms with Crippen molar-refractivity contribution >= 4 is 19.7 Å². The van der Waals surface area contributed by atoms with Crippen molar-refractivity contribution in [2.24, 2.45) is 0 Å². The lowest BCUT2D eigenvalue weighted by molar-refractivity contribution is 0.0961. The van der Waals surface area contributed by atoms with Crippen molar-refractivity contribution in [2.75, 3.05) is 0 Å². The molecule has 0 saturated heterocycles. The molecule has 3 atom stereocenters. The summed E-state index contributed by atoms with van der Waals surface area (Å²) in [6, 6.07) is 0.955. The average molecular weight is 348 g/mol. The molecule has 0 aromatic rings. The number of allylic oxidation sites excluding steroid dienone is 1. The van der Waals surface area contributed by atoms with E-state index in [-0.39, 0.29) is 23.0 Å².